The Balaban J connectivity index is -0.000000405. The van der Waals surface area contributed by atoms with E-state index in [1.165, 1.54) is 0 Å². The van der Waals surface area contributed by atoms with Gasteiger partial charge in [-0.3, -0.25) is 0 Å². The van der Waals surface area contributed by atoms with Gasteiger partial charge in [0, 0.05) is 12.5 Å². The summed E-state index contributed by atoms with van der Waals surface area (Å²) in [5.41, 5.74) is -0.436. The van der Waals surface area contributed by atoms with Crippen molar-refractivity contribution in [3.05, 3.63) is 0 Å². The Labute approximate surface area is 76.4 Å². The van der Waals surface area contributed by atoms with Crippen LogP contribution in [0.3, 0.4) is 0 Å². The third kappa shape index (κ3) is 4.70. The maximum absolute atomic E-state index is 8.87. The monoisotopic (exact) mass is 180 g/mol. The Morgan fingerprint density at radius 3 is 1.67 bits per heavy atom. The molecular weight excluding hydrogens is 156 g/mol. The van der Waals surface area contributed by atoms with Crippen LogP contribution in [0.5, 0.6) is 0 Å². The van der Waals surface area contributed by atoms with Crippen LogP contribution in [0, 0.1) is 5.41 Å². The van der Waals surface area contributed by atoms with Crippen molar-refractivity contribution in [1.82, 2.24) is 0 Å². The van der Waals surface area contributed by atoms with Gasteiger partial charge in [0.1, 0.15) is 0 Å². The second-order valence-corrected chi connectivity index (χ2v) is 2.60. The molecular formula is C9H24O3. The first kappa shape index (κ1) is 17.8. The molecule has 0 saturated carbocycles. The van der Waals surface area contributed by atoms with Crippen molar-refractivity contribution >= 4 is 0 Å². The van der Waals surface area contributed by atoms with Crippen LogP contribution in [0.15, 0.2) is 0 Å². The molecule has 0 heterocycles. The van der Waals surface area contributed by atoms with Gasteiger partial charge in [-0.05, 0) is 6.42 Å². The summed E-state index contributed by atoms with van der Waals surface area (Å²) in [6.07, 6.45) is 0.730. The third-order valence-electron chi connectivity index (χ3n) is 1.87. The van der Waals surface area contributed by atoms with E-state index in [0.29, 0.717) is 6.61 Å². The maximum Gasteiger partial charge on any atom is 0.0562 e. The van der Waals surface area contributed by atoms with Gasteiger partial charge in [0.15, 0.2) is 0 Å². The van der Waals surface area contributed by atoms with Crippen molar-refractivity contribution in [2.75, 3.05) is 26.9 Å². The van der Waals surface area contributed by atoms with Gasteiger partial charge >= 0.3 is 0 Å². The molecule has 3 nitrogen and oxygen atoms in total. The number of aliphatic hydroxyl groups is 2. The van der Waals surface area contributed by atoms with Gasteiger partial charge < -0.3 is 14.9 Å². The molecule has 78 valence electrons. The minimum Gasteiger partial charge on any atom is -0.396 e. The zero-order valence-electron chi connectivity index (χ0n) is 6.63. The summed E-state index contributed by atoms with van der Waals surface area (Å²) in [6.45, 7) is 2.30. The average molecular weight is 180 g/mol. The molecule has 0 radical (unpaired) electrons. The van der Waals surface area contributed by atoms with Gasteiger partial charge in [0.25, 0.3) is 0 Å². The summed E-state index contributed by atoms with van der Waals surface area (Å²) in [5, 5.41) is 17.7. The molecule has 0 aliphatic heterocycles. The molecule has 0 aromatic rings. The number of rotatable bonds is 5. The normalized spacial score (nSPS) is 10.0. The van der Waals surface area contributed by atoms with Gasteiger partial charge in [-0.2, -0.15) is 0 Å². The Morgan fingerprint density at radius 2 is 1.58 bits per heavy atom. The lowest BCUT2D eigenvalue weighted by Crippen LogP contribution is -2.33. The predicted octanol–water partition coefficient (Wildman–Crippen LogP) is 1.29. The fourth-order valence-electron chi connectivity index (χ4n) is 0.773. The van der Waals surface area contributed by atoms with Crippen molar-refractivity contribution in [2.45, 2.75) is 28.2 Å². The molecule has 0 unspecified atom stereocenters. The first-order valence-corrected chi connectivity index (χ1v) is 3.45. The topological polar surface area (TPSA) is 49.7 Å². The van der Waals surface area contributed by atoms with E-state index in [1.807, 2.05) is 6.92 Å². The van der Waals surface area contributed by atoms with Gasteiger partial charge in [-0.15, -0.1) is 0 Å². The minimum absolute atomic E-state index is 0. The Kier molecular flexibility index (Phi) is 13.3. The van der Waals surface area contributed by atoms with Crippen LogP contribution in [0.1, 0.15) is 28.2 Å². The van der Waals surface area contributed by atoms with Crippen LogP contribution >= 0.6 is 0 Å². The van der Waals surface area contributed by atoms with Gasteiger partial charge in [0.2, 0.25) is 0 Å². The third-order valence-corrected chi connectivity index (χ3v) is 1.87. The van der Waals surface area contributed by atoms with Crippen molar-refractivity contribution < 1.29 is 14.9 Å². The van der Waals surface area contributed by atoms with Crippen LogP contribution in [-0.4, -0.2) is 37.1 Å². The molecule has 0 spiro atoms. The van der Waals surface area contributed by atoms with Crippen LogP contribution in [0.4, 0.5) is 0 Å². The highest BCUT2D eigenvalue weighted by atomic mass is 16.5. The highest BCUT2D eigenvalue weighted by Gasteiger charge is 2.26. The molecule has 0 aromatic carbocycles. The van der Waals surface area contributed by atoms with Crippen molar-refractivity contribution in [3.63, 3.8) is 0 Å². The number of hydrogen-bond donors (Lipinski definition) is 2. The largest absolute Gasteiger partial charge is 0.396 e. The van der Waals surface area contributed by atoms with E-state index < -0.39 is 5.41 Å². The Hall–Kier alpha value is -0.120. The minimum atomic E-state index is -0.436. The van der Waals surface area contributed by atoms with Crippen LogP contribution in [0.2, 0.25) is 0 Å². The first-order chi connectivity index (χ1) is 4.74. The molecule has 12 heavy (non-hydrogen) atoms. The summed E-state index contributed by atoms with van der Waals surface area (Å²) in [5.74, 6) is 0. The highest BCUT2D eigenvalue weighted by molar-refractivity contribution is 4.75. The van der Waals surface area contributed by atoms with Gasteiger partial charge in [-0.25, -0.2) is 0 Å². The van der Waals surface area contributed by atoms with E-state index in [0.717, 1.165) is 6.42 Å². The number of methoxy groups -OCH3 is 1. The molecule has 0 rings (SSSR count). The summed E-state index contributed by atoms with van der Waals surface area (Å²) in [6, 6.07) is 0. The summed E-state index contributed by atoms with van der Waals surface area (Å²) in [4.78, 5) is 0. The van der Waals surface area contributed by atoms with Crippen LogP contribution < -0.4 is 0 Å². The first-order valence-electron chi connectivity index (χ1n) is 3.45. The Morgan fingerprint density at radius 1 is 1.17 bits per heavy atom. The van der Waals surface area contributed by atoms with E-state index in [1.54, 1.807) is 7.11 Å². The molecule has 2 N–H and O–H groups in total. The van der Waals surface area contributed by atoms with E-state index in [-0.39, 0.29) is 28.1 Å². The number of ether oxygens (including phenoxy) is 1. The zero-order valence-corrected chi connectivity index (χ0v) is 6.63. The molecule has 0 atom stereocenters. The number of aliphatic hydroxyl groups excluding tert-OH is 2. The fourth-order valence-corrected chi connectivity index (χ4v) is 0.773. The van der Waals surface area contributed by atoms with Crippen LogP contribution in [-0.2, 0) is 4.74 Å². The second kappa shape index (κ2) is 8.97. The zero-order chi connectivity index (χ0) is 8.04. The van der Waals surface area contributed by atoms with E-state index in [4.69, 9.17) is 14.9 Å². The van der Waals surface area contributed by atoms with Crippen molar-refractivity contribution in [3.8, 4) is 0 Å². The van der Waals surface area contributed by atoms with E-state index in [9.17, 15) is 0 Å². The maximum atomic E-state index is 8.87. The highest BCUT2D eigenvalue weighted by Crippen LogP contribution is 2.19. The lowest BCUT2D eigenvalue weighted by molar-refractivity contribution is -0.0139. The van der Waals surface area contributed by atoms with Crippen LogP contribution in [0.25, 0.3) is 0 Å². The lowest BCUT2D eigenvalue weighted by Gasteiger charge is -2.26. The SMILES string of the molecule is C.C.CCC(CO)(CO)COC. The summed E-state index contributed by atoms with van der Waals surface area (Å²) >= 11 is 0. The summed E-state index contributed by atoms with van der Waals surface area (Å²) in [7, 11) is 1.57. The second-order valence-electron chi connectivity index (χ2n) is 2.60. The van der Waals surface area contributed by atoms with Crippen molar-refractivity contribution in [2.24, 2.45) is 5.41 Å². The smallest absolute Gasteiger partial charge is 0.0562 e. The summed E-state index contributed by atoms with van der Waals surface area (Å²) < 4.78 is 4.86. The molecule has 0 aliphatic rings. The standard InChI is InChI=1S/C7H16O3.2CH4/c1-3-7(4-8,5-9)6-10-2;;/h8-9H,3-6H2,1-2H3;2*1H4. The molecule has 0 aliphatic carbocycles. The number of hydrogen-bond acceptors (Lipinski definition) is 3. The molecule has 0 fully saturated rings. The van der Waals surface area contributed by atoms with Crippen molar-refractivity contribution in [1.29, 1.82) is 0 Å². The quantitative estimate of drug-likeness (QED) is 0.670. The van der Waals surface area contributed by atoms with E-state index >= 15 is 0 Å². The predicted molar refractivity (Wildman–Crippen MR) is 52.2 cm³/mol. The fraction of sp³-hybridized carbons (Fsp3) is 1.00. The molecule has 0 bridgehead atoms. The molecule has 0 amide bonds. The van der Waals surface area contributed by atoms with E-state index in [2.05, 4.69) is 0 Å². The molecule has 0 saturated heterocycles. The lowest BCUT2D eigenvalue weighted by atomic mass is 9.88. The molecule has 3 heteroatoms. The molecule has 0 aromatic heterocycles. The Bertz CT molecular complexity index is 71.6. The average Bonchev–Trinajstić information content (AvgIpc) is 2.01. The van der Waals surface area contributed by atoms with Gasteiger partial charge in [0.05, 0.1) is 19.8 Å². The van der Waals surface area contributed by atoms with Gasteiger partial charge in [-0.1, -0.05) is 21.8 Å².